The molecule has 0 bridgehead atoms. The summed E-state index contributed by atoms with van der Waals surface area (Å²) in [7, 11) is 0. The molecule has 1 rings (SSSR count). The normalized spacial score (nSPS) is 9.42. The van der Waals surface area contributed by atoms with E-state index in [0.717, 1.165) is 0 Å². The van der Waals surface area contributed by atoms with Gasteiger partial charge in [-0.15, -0.1) is 0 Å². The van der Waals surface area contributed by atoms with Crippen LogP contribution < -0.4 is 0 Å². The highest BCUT2D eigenvalue weighted by molar-refractivity contribution is 9.10. The molecule has 0 saturated carbocycles. The number of aromatic nitrogens is 1. The molecular formula is C7H5BrN2O2. The van der Waals surface area contributed by atoms with Crippen LogP contribution in [-0.2, 0) is 0 Å². The van der Waals surface area contributed by atoms with Crippen molar-refractivity contribution in [3.8, 4) is 0 Å². The fourth-order valence-corrected chi connectivity index (χ4v) is 1.27. The number of nitrogens with zero attached hydrogens (tertiary/aromatic N) is 2. The van der Waals surface area contributed by atoms with Gasteiger partial charge in [0.2, 0.25) is 0 Å². The lowest BCUT2D eigenvalue weighted by atomic mass is 10.2. The Bertz CT molecular complexity index is 338. The quantitative estimate of drug-likeness (QED) is 0.577. The van der Waals surface area contributed by atoms with E-state index in [1.54, 1.807) is 0 Å². The number of pyridine rings is 1. The number of halogens is 1. The fourth-order valence-electron chi connectivity index (χ4n) is 0.782. The minimum atomic E-state index is -0.491. The summed E-state index contributed by atoms with van der Waals surface area (Å²) in [6.07, 6.45) is 4.11. The summed E-state index contributed by atoms with van der Waals surface area (Å²) in [6, 6.07) is 0. The van der Waals surface area contributed by atoms with Crippen molar-refractivity contribution in [1.82, 2.24) is 4.98 Å². The van der Waals surface area contributed by atoms with Gasteiger partial charge >= 0.3 is 0 Å². The minimum absolute atomic E-state index is 0.0422. The fraction of sp³-hybridized carbons (Fsp3) is 0. The van der Waals surface area contributed by atoms with Gasteiger partial charge in [0.1, 0.15) is 6.20 Å². The summed E-state index contributed by atoms with van der Waals surface area (Å²) in [5, 5.41) is 10.4. The number of hydrogen-bond donors (Lipinski definition) is 0. The van der Waals surface area contributed by atoms with Crippen molar-refractivity contribution in [2.24, 2.45) is 0 Å². The highest BCUT2D eigenvalue weighted by Crippen LogP contribution is 2.25. The molecular weight excluding hydrogens is 224 g/mol. The minimum Gasteiger partial charge on any atom is -0.258 e. The predicted octanol–water partition coefficient (Wildman–Crippen LogP) is 2.40. The van der Waals surface area contributed by atoms with Gasteiger partial charge in [-0.1, -0.05) is 12.7 Å². The molecule has 0 aliphatic carbocycles. The molecule has 0 saturated heterocycles. The number of rotatable bonds is 2. The van der Waals surface area contributed by atoms with Gasteiger partial charge in [0.15, 0.2) is 0 Å². The monoisotopic (exact) mass is 228 g/mol. The third-order valence-electron chi connectivity index (χ3n) is 1.32. The van der Waals surface area contributed by atoms with Crippen molar-refractivity contribution in [3.05, 3.63) is 39.1 Å². The second-order valence-corrected chi connectivity index (χ2v) is 2.87. The van der Waals surface area contributed by atoms with Crippen LogP contribution in [0.4, 0.5) is 5.69 Å². The Kier molecular flexibility index (Phi) is 2.54. The van der Waals surface area contributed by atoms with E-state index in [-0.39, 0.29) is 5.69 Å². The van der Waals surface area contributed by atoms with E-state index in [1.165, 1.54) is 18.5 Å². The van der Waals surface area contributed by atoms with Gasteiger partial charge in [0, 0.05) is 10.7 Å². The molecule has 0 aromatic carbocycles. The largest absolute Gasteiger partial charge is 0.295 e. The maximum atomic E-state index is 10.4. The molecule has 0 aliphatic heterocycles. The number of nitro groups is 1. The molecule has 0 atom stereocenters. The van der Waals surface area contributed by atoms with E-state index in [4.69, 9.17) is 0 Å². The maximum absolute atomic E-state index is 10.4. The molecule has 0 N–H and O–H groups in total. The molecule has 1 heterocycles. The molecule has 5 heteroatoms. The lowest BCUT2D eigenvalue weighted by molar-refractivity contribution is -0.385. The van der Waals surface area contributed by atoms with Gasteiger partial charge < -0.3 is 0 Å². The summed E-state index contributed by atoms with van der Waals surface area (Å²) in [4.78, 5) is 13.6. The van der Waals surface area contributed by atoms with Gasteiger partial charge in [0.25, 0.3) is 5.69 Å². The van der Waals surface area contributed by atoms with Gasteiger partial charge in [-0.3, -0.25) is 15.1 Å². The van der Waals surface area contributed by atoms with E-state index < -0.39 is 4.92 Å². The molecule has 4 nitrogen and oxygen atoms in total. The zero-order valence-corrected chi connectivity index (χ0v) is 7.61. The molecule has 12 heavy (non-hydrogen) atoms. The Labute approximate surface area is 77.2 Å². The summed E-state index contributed by atoms with van der Waals surface area (Å²) < 4.78 is 0.576. The Hall–Kier alpha value is -1.23. The summed E-state index contributed by atoms with van der Waals surface area (Å²) in [5.74, 6) is 0. The van der Waals surface area contributed by atoms with Gasteiger partial charge in [-0.25, -0.2) is 0 Å². The van der Waals surface area contributed by atoms with Crippen LogP contribution >= 0.6 is 15.9 Å². The van der Waals surface area contributed by atoms with Crippen molar-refractivity contribution in [3.63, 3.8) is 0 Å². The second-order valence-electron chi connectivity index (χ2n) is 2.02. The average molecular weight is 229 g/mol. The van der Waals surface area contributed by atoms with Crippen molar-refractivity contribution < 1.29 is 4.92 Å². The standard InChI is InChI=1S/C7H5BrN2O2/c1-2-5-6(8)3-9-4-7(5)10(11)12/h2-4H,1H2. The first-order chi connectivity index (χ1) is 5.66. The zero-order valence-electron chi connectivity index (χ0n) is 6.03. The van der Waals surface area contributed by atoms with E-state index in [1.807, 2.05) is 0 Å². The van der Waals surface area contributed by atoms with Crippen LogP contribution in [0.5, 0.6) is 0 Å². The Morgan fingerprint density at radius 3 is 2.75 bits per heavy atom. The molecule has 0 radical (unpaired) electrons. The van der Waals surface area contributed by atoms with E-state index in [0.29, 0.717) is 10.0 Å². The molecule has 0 amide bonds. The summed E-state index contributed by atoms with van der Waals surface area (Å²) in [6.45, 7) is 3.47. The Morgan fingerprint density at radius 1 is 1.67 bits per heavy atom. The lowest BCUT2D eigenvalue weighted by Gasteiger charge is -1.97. The second kappa shape index (κ2) is 3.44. The Morgan fingerprint density at radius 2 is 2.33 bits per heavy atom. The maximum Gasteiger partial charge on any atom is 0.295 e. The highest BCUT2D eigenvalue weighted by Gasteiger charge is 2.13. The van der Waals surface area contributed by atoms with Crippen molar-refractivity contribution in [1.29, 1.82) is 0 Å². The predicted molar refractivity (Wildman–Crippen MR) is 48.7 cm³/mol. The first-order valence-electron chi connectivity index (χ1n) is 3.07. The molecule has 0 spiro atoms. The van der Waals surface area contributed by atoms with E-state index in [2.05, 4.69) is 27.5 Å². The molecule has 1 aromatic rings. The average Bonchev–Trinajstić information content (AvgIpc) is 2.03. The molecule has 0 aliphatic rings. The van der Waals surface area contributed by atoms with Crippen molar-refractivity contribution >= 4 is 27.7 Å². The van der Waals surface area contributed by atoms with Crippen LogP contribution in [0.15, 0.2) is 23.4 Å². The molecule has 1 aromatic heterocycles. The van der Waals surface area contributed by atoms with Gasteiger partial charge in [-0.2, -0.15) is 0 Å². The third kappa shape index (κ3) is 1.50. The van der Waals surface area contributed by atoms with Crippen LogP contribution in [0.3, 0.4) is 0 Å². The summed E-state index contributed by atoms with van der Waals surface area (Å²) >= 11 is 3.14. The number of hydrogen-bond acceptors (Lipinski definition) is 3. The topological polar surface area (TPSA) is 56.0 Å². The van der Waals surface area contributed by atoms with Gasteiger partial charge in [0.05, 0.1) is 10.5 Å². The Balaban J connectivity index is 3.37. The summed E-state index contributed by atoms with van der Waals surface area (Å²) in [5.41, 5.74) is 0.411. The van der Waals surface area contributed by atoms with Crippen LogP contribution in [0.1, 0.15) is 5.56 Å². The smallest absolute Gasteiger partial charge is 0.258 e. The van der Waals surface area contributed by atoms with Crippen LogP contribution in [0.2, 0.25) is 0 Å². The molecule has 62 valence electrons. The molecule has 0 unspecified atom stereocenters. The van der Waals surface area contributed by atoms with Crippen LogP contribution in [0, 0.1) is 10.1 Å². The zero-order chi connectivity index (χ0) is 9.14. The van der Waals surface area contributed by atoms with E-state index >= 15 is 0 Å². The first kappa shape index (κ1) is 8.86. The molecule has 0 fully saturated rings. The van der Waals surface area contributed by atoms with Crippen molar-refractivity contribution in [2.45, 2.75) is 0 Å². The third-order valence-corrected chi connectivity index (χ3v) is 1.95. The van der Waals surface area contributed by atoms with E-state index in [9.17, 15) is 10.1 Å². The van der Waals surface area contributed by atoms with Gasteiger partial charge in [-0.05, 0) is 15.9 Å². The first-order valence-corrected chi connectivity index (χ1v) is 3.86. The van der Waals surface area contributed by atoms with Crippen LogP contribution in [-0.4, -0.2) is 9.91 Å². The van der Waals surface area contributed by atoms with Crippen molar-refractivity contribution in [2.75, 3.05) is 0 Å². The lowest BCUT2D eigenvalue weighted by Crippen LogP contribution is -1.93. The van der Waals surface area contributed by atoms with Crippen LogP contribution in [0.25, 0.3) is 6.08 Å². The highest BCUT2D eigenvalue weighted by atomic mass is 79.9. The SMILES string of the molecule is C=Cc1c(Br)cncc1[N+](=O)[O-].